The highest BCUT2D eigenvalue weighted by atomic mass is 35.5. The van der Waals surface area contributed by atoms with Gasteiger partial charge in [0.15, 0.2) is 18.2 Å². The molecule has 0 bridgehead atoms. The molecule has 0 fully saturated rings. The lowest BCUT2D eigenvalue weighted by Gasteiger charge is -2.06. The van der Waals surface area contributed by atoms with Crippen LogP contribution in [0.5, 0.6) is 5.75 Å². The first-order chi connectivity index (χ1) is 11.0. The van der Waals surface area contributed by atoms with Crippen molar-refractivity contribution in [1.82, 2.24) is 10.4 Å². The van der Waals surface area contributed by atoms with E-state index in [4.69, 9.17) is 16.3 Å². The molecule has 122 valence electrons. The smallest absolute Gasteiger partial charge is 0.277 e. The lowest BCUT2D eigenvalue weighted by atomic mass is 10.3. The molecule has 0 saturated carbocycles. The molecule has 1 heterocycles. The molecule has 0 unspecified atom stereocenters. The van der Waals surface area contributed by atoms with Crippen molar-refractivity contribution in [3.63, 3.8) is 0 Å². The van der Waals surface area contributed by atoms with Crippen LogP contribution >= 0.6 is 22.9 Å². The number of amides is 1. The number of carbonyl (C=O) groups is 1. The van der Waals surface area contributed by atoms with Gasteiger partial charge >= 0.3 is 0 Å². The normalized spacial score (nSPS) is 11.0. The summed E-state index contributed by atoms with van der Waals surface area (Å²) in [5.74, 6) is -1.14. The first-order valence-corrected chi connectivity index (χ1v) is 7.96. The Hall–Kier alpha value is -1.99. The number of thiazole rings is 1. The van der Waals surface area contributed by atoms with E-state index in [1.165, 1.54) is 12.1 Å². The number of benzene rings is 1. The molecule has 1 N–H and O–H groups in total. The quantitative estimate of drug-likeness (QED) is 0.639. The zero-order valence-corrected chi connectivity index (χ0v) is 14.2. The van der Waals surface area contributed by atoms with Gasteiger partial charge in [-0.25, -0.2) is 14.8 Å². The molecule has 1 amide bonds. The molecule has 0 spiro atoms. The predicted octanol–water partition coefficient (Wildman–Crippen LogP) is 3.28. The van der Waals surface area contributed by atoms with Crippen LogP contribution in [-0.4, -0.2) is 23.7 Å². The molecule has 0 radical (unpaired) electrons. The summed E-state index contributed by atoms with van der Waals surface area (Å²) in [6.45, 7) is 3.53. The zero-order chi connectivity index (χ0) is 16.8. The Kier molecular flexibility index (Phi) is 6.06. The van der Waals surface area contributed by atoms with Gasteiger partial charge in [0.05, 0.1) is 10.7 Å². The summed E-state index contributed by atoms with van der Waals surface area (Å²) in [4.78, 5) is 17.0. The van der Waals surface area contributed by atoms with Crippen LogP contribution in [-0.2, 0) is 11.2 Å². The highest BCUT2D eigenvalue weighted by Gasteiger charge is 2.07. The second kappa shape index (κ2) is 8.03. The van der Waals surface area contributed by atoms with Crippen molar-refractivity contribution in [3.8, 4) is 5.75 Å². The Labute approximate surface area is 142 Å². The number of hydrazone groups is 1. The molecule has 0 aliphatic rings. The predicted molar refractivity (Wildman–Crippen MR) is 88.8 cm³/mol. The van der Waals surface area contributed by atoms with E-state index in [1.54, 1.807) is 17.6 Å². The van der Waals surface area contributed by atoms with E-state index in [0.29, 0.717) is 6.42 Å². The second-order valence-corrected chi connectivity index (χ2v) is 6.38. The minimum absolute atomic E-state index is 0.0377. The summed E-state index contributed by atoms with van der Waals surface area (Å²) < 4.78 is 18.5. The fourth-order valence-corrected chi connectivity index (χ4v) is 2.83. The number of aromatic nitrogens is 1. The molecule has 2 aromatic rings. The van der Waals surface area contributed by atoms with E-state index < -0.39 is 11.7 Å². The van der Waals surface area contributed by atoms with Crippen molar-refractivity contribution in [2.75, 3.05) is 6.61 Å². The summed E-state index contributed by atoms with van der Waals surface area (Å²) in [6, 6.07) is 3.96. The highest BCUT2D eigenvalue weighted by molar-refractivity contribution is 7.11. The van der Waals surface area contributed by atoms with E-state index in [0.717, 1.165) is 21.6 Å². The first-order valence-electron chi connectivity index (χ1n) is 6.77. The molecule has 1 aromatic carbocycles. The van der Waals surface area contributed by atoms with E-state index in [-0.39, 0.29) is 17.4 Å². The van der Waals surface area contributed by atoms with Crippen molar-refractivity contribution in [2.24, 2.45) is 5.10 Å². The Balaban J connectivity index is 1.76. The maximum absolute atomic E-state index is 13.5. The molecule has 0 aliphatic heterocycles. The standard InChI is InChI=1S/C15H15ClFN3O2S/c1-9-14(23-10(2)19-9)5-6-18-20-15(21)8-22-13-4-3-11(16)7-12(13)17/h3-4,6-7H,5,8H2,1-2H3,(H,20,21). The lowest BCUT2D eigenvalue weighted by molar-refractivity contribution is -0.123. The van der Waals surface area contributed by atoms with Crippen LogP contribution in [0.3, 0.4) is 0 Å². The Bertz CT molecular complexity index is 734. The van der Waals surface area contributed by atoms with Crippen LogP contribution < -0.4 is 10.2 Å². The van der Waals surface area contributed by atoms with Crippen molar-refractivity contribution in [2.45, 2.75) is 20.3 Å². The number of nitrogens with zero attached hydrogens (tertiary/aromatic N) is 2. The number of hydrogen-bond donors (Lipinski definition) is 1. The SMILES string of the molecule is Cc1nc(C)c(CC=NNC(=O)COc2ccc(Cl)cc2F)s1. The number of ether oxygens (including phenoxy) is 1. The van der Waals surface area contributed by atoms with Crippen molar-refractivity contribution >= 4 is 35.1 Å². The number of rotatable bonds is 6. The number of halogens is 2. The maximum atomic E-state index is 13.5. The minimum atomic E-state index is -0.621. The Morgan fingerprint density at radius 2 is 2.30 bits per heavy atom. The largest absolute Gasteiger partial charge is 0.481 e. The molecule has 0 saturated heterocycles. The molecule has 23 heavy (non-hydrogen) atoms. The number of aryl methyl sites for hydroxylation is 2. The average molecular weight is 356 g/mol. The van der Waals surface area contributed by atoms with Crippen molar-refractivity contribution in [1.29, 1.82) is 0 Å². The van der Waals surface area contributed by atoms with Gasteiger partial charge in [-0.3, -0.25) is 4.79 Å². The first kappa shape index (κ1) is 17.4. The fraction of sp³-hybridized carbons (Fsp3) is 0.267. The number of hydrogen-bond acceptors (Lipinski definition) is 5. The van der Waals surface area contributed by atoms with Gasteiger partial charge in [-0.2, -0.15) is 5.10 Å². The summed E-state index contributed by atoms with van der Waals surface area (Å²) in [7, 11) is 0. The monoisotopic (exact) mass is 355 g/mol. The molecular weight excluding hydrogens is 341 g/mol. The van der Waals surface area contributed by atoms with Gasteiger partial charge in [0.1, 0.15) is 0 Å². The zero-order valence-electron chi connectivity index (χ0n) is 12.6. The summed E-state index contributed by atoms with van der Waals surface area (Å²) >= 11 is 7.22. The summed E-state index contributed by atoms with van der Waals surface area (Å²) in [6.07, 6.45) is 2.17. The third-order valence-corrected chi connectivity index (χ3v) is 4.14. The van der Waals surface area contributed by atoms with E-state index in [9.17, 15) is 9.18 Å². The van der Waals surface area contributed by atoms with Gasteiger partial charge < -0.3 is 4.74 Å². The lowest BCUT2D eigenvalue weighted by Crippen LogP contribution is -2.24. The third kappa shape index (κ3) is 5.30. The topological polar surface area (TPSA) is 63.6 Å². The van der Waals surface area contributed by atoms with Crippen molar-refractivity contribution < 1.29 is 13.9 Å². The maximum Gasteiger partial charge on any atom is 0.277 e. The summed E-state index contributed by atoms with van der Waals surface area (Å²) in [5, 5.41) is 5.08. The molecule has 2 rings (SSSR count). The van der Waals surface area contributed by atoms with E-state index in [1.807, 2.05) is 13.8 Å². The van der Waals surface area contributed by atoms with E-state index >= 15 is 0 Å². The van der Waals surface area contributed by atoms with Crippen LogP contribution in [0.25, 0.3) is 0 Å². The average Bonchev–Trinajstić information content (AvgIpc) is 2.80. The third-order valence-electron chi connectivity index (χ3n) is 2.81. The van der Waals surface area contributed by atoms with Gasteiger partial charge in [0.25, 0.3) is 5.91 Å². The van der Waals surface area contributed by atoms with Crippen molar-refractivity contribution in [3.05, 3.63) is 44.6 Å². The van der Waals surface area contributed by atoms with Gasteiger partial charge in [0, 0.05) is 22.5 Å². The van der Waals surface area contributed by atoms with Gasteiger partial charge in [0.2, 0.25) is 0 Å². The van der Waals surface area contributed by atoms with Crippen LogP contribution in [0.1, 0.15) is 15.6 Å². The molecule has 5 nitrogen and oxygen atoms in total. The van der Waals surface area contributed by atoms with Gasteiger partial charge in [-0.05, 0) is 32.0 Å². The van der Waals surface area contributed by atoms with Crippen LogP contribution in [0.15, 0.2) is 23.3 Å². The number of nitrogens with one attached hydrogen (secondary N) is 1. The van der Waals surface area contributed by atoms with Crippen LogP contribution in [0, 0.1) is 19.7 Å². The van der Waals surface area contributed by atoms with Gasteiger partial charge in [-0.1, -0.05) is 11.6 Å². The molecule has 0 atom stereocenters. The highest BCUT2D eigenvalue weighted by Crippen LogP contribution is 2.20. The summed E-state index contributed by atoms with van der Waals surface area (Å²) in [5.41, 5.74) is 3.29. The molecule has 0 aliphatic carbocycles. The van der Waals surface area contributed by atoms with Gasteiger partial charge in [-0.15, -0.1) is 11.3 Å². The second-order valence-electron chi connectivity index (χ2n) is 4.66. The molecule has 1 aromatic heterocycles. The minimum Gasteiger partial charge on any atom is -0.481 e. The van der Waals surface area contributed by atoms with E-state index in [2.05, 4.69) is 15.5 Å². The number of carbonyl (C=O) groups excluding carboxylic acids is 1. The Morgan fingerprint density at radius 1 is 1.52 bits per heavy atom. The van der Waals surface area contributed by atoms with Crippen LogP contribution in [0.4, 0.5) is 4.39 Å². The Morgan fingerprint density at radius 3 is 2.96 bits per heavy atom. The fourth-order valence-electron chi connectivity index (χ4n) is 1.78. The molecule has 8 heteroatoms. The molecular formula is C15H15ClFN3O2S. The van der Waals surface area contributed by atoms with Crippen LogP contribution in [0.2, 0.25) is 5.02 Å².